The Hall–Kier alpha value is -2.05. The van der Waals surface area contributed by atoms with Gasteiger partial charge in [-0.1, -0.05) is 0 Å². The van der Waals surface area contributed by atoms with E-state index in [9.17, 15) is 4.79 Å². The maximum Gasteiger partial charge on any atom is 0.324 e. The predicted molar refractivity (Wildman–Crippen MR) is 91.0 cm³/mol. The fourth-order valence-corrected chi connectivity index (χ4v) is 3.15. The van der Waals surface area contributed by atoms with Gasteiger partial charge >= 0.3 is 6.03 Å². The van der Waals surface area contributed by atoms with Gasteiger partial charge in [0.15, 0.2) is 0 Å². The van der Waals surface area contributed by atoms with Crippen LogP contribution in [0.1, 0.15) is 6.42 Å². The average molecular weight is 317 g/mol. The quantitative estimate of drug-likeness (QED) is 0.905. The molecule has 5 nitrogen and oxygen atoms in total. The molecule has 6 heteroatoms. The van der Waals surface area contributed by atoms with Gasteiger partial charge in [0.1, 0.15) is 0 Å². The second kappa shape index (κ2) is 6.81. The Labute approximate surface area is 133 Å². The van der Waals surface area contributed by atoms with Gasteiger partial charge < -0.3 is 15.0 Å². The summed E-state index contributed by atoms with van der Waals surface area (Å²) in [4.78, 5) is 14.2. The third-order valence-electron chi connectivity index (χ3n) is 3.73. The third-order valence-corrected chi connectivity index (χ3v) is 4.51. The number of urea groups is 1. The minimum absolute atomic E-state index is 0.226. The first-order valence-electron chi connectivity index (χ1n) is 7.24. The summed E-state index contributed by atoms with van der Waals surface area (Å²) >= 11 is 1.49. The van der Waals surface area contributed by atoms with Crippen LogP contribution < -0.4 is 15.5 Å². The smallest absolute Gasteiger partial charge is 0.324 e. The van der Waals surface area contributed by atoms with E-state index >= 15 is 0 Å². The summed E-state index contributed by atoms with van der Waals surface area (Å²) in [7, 11) is 1.76. The van der Waals surface area contributed by atoms with E-state index in [1.165, 1.54) is 11.3 Å². The summed E-state index contributed by atoms with van der Waals surface area (Å²) in [5.41, 5.74) is 1.93. The summed E-state index contributed by atoms with van der Waals surface area (Å²) in [6.07, 6.45) is 1.37. The molecule has 2 aromatic rings. The number of ether oxygens (including phenoxy) is 1. The van der Waals surface area contributed by atoms with Crippen LogP contribution in [0.5, 0.6) is 0 Å². The van der Waals surface area contributed by atoms with Crippen molar-refractivity contribution >= 4 is 33.7 Å². The van der Waals surface area contributed by atoms with Crippen molar-refractivity contribution in [1.82, 2.24) is 0 Å². The zero-order chi connectivity index (χ0) is 15.4. The molecule has 3 rings (SSSR count). The van der Waals surface area contributed by atoms with Gasteiger partial charge in [0, 0.05) is 31.6 Å². The Bertz CT molecular complexity index is 613. The van der Waals surface area contributed by atoms with Crippen LogP contribution in [0, 0.1) is 0 Å². The Kier molecular flexibility index (Phi) is 4.60. The van der Waals surface area contributed by atoms with Gasteiger partial charge in [-0.15, -0.1) is 11.3 Å². The number of carbonyl (C=O) groups excluding carboxylic acids is 1. The van der Waals surface area contributed by atoms with Crippen molar-refractivity contribution < 1.29 is 9.53 Å². The molecule has 1 fully saturated rings. The van der Waals surface area contributed by atoms with Crippen molar-refractivity contribution in [2.45, 2.75) is 12.5 Å². The number of carbonyl (C=O) groups is 1. The first-order chi connectivity index (χ1) is 10.7. The van der Waals surface area contributed by atoms with Crippen molar-refractivity contribution in [3.05, 3.63) is 41.8 Å². The molecule has 1 aromatic heterocycles. The molecule has 2 amide bonds. The largest absolute Gasteiger partial charge is 0.380 e. The molecule has 2 heterocycles. The second-order valence-corrected chi connectivity index (χ2v) is 6.14. The minimum atomic E-state index is -0.226. The summed E-state index contributed by atoms with van der Waals surface area (Å²) in [5.74, 6) is 0. The van der Waals surface area contributed by atoms with Crippen molar-refractivity contribution in [1.29, 1.82) is 0 Å². The average Bonchev–Trinajstić information content (AvgIpc) is 3.19. The van der Waals surface area contributed by atoms with E-state index in [2.05, 4.69) is 15.5 Å². The SMILES string of the molecule is COC1CCN(c2ccc(NC(=O)Nc3cccs3)cc2)C1. The first kappa shape index (κ1) is 14.9. The summed E-state index contributed by atoms with van der Waals surface area (Å²) < 4.78 is 5.38. The van der Waals surface area contributed by atoms with Gasteiger partial charge in [0.2, 0.25) is 0 Å². The molecule has 0 bridgehead atoms. The molecule has 1 aromatic carbocycles. The molecule has 1 saturated heterocycles. The van der Waals surface area contributed by atoms with Crippen molar-refractivity contribution in [2.24, 2.45) is 0 Å². The van der Waals surface area contributed by atoms with Crippen LogP contribution in [0.2, 0.25) is 0 Å². The number of nitrogens with one attached hydrogen (secondary N) is 2. The van der Waals surface area contributed by atoms with E-state index in [1.54, 1.807) is 7.11 Å². The Morgan fingerprint density at radius 3 is 2.73 bits per heavy atom. The van der Waals surface area contributed by atoms with Crippen molar-refractivity contribution in [3.8, 4) is 0 Å². The van der Waals surface area contributed by atoms with E-state index in [1.807, 2.05) is 41.8 Å². The fourth-order valence-electron chi connectivity index (χ4n) is 2.53. The molecule has 0 radical (unpaired) electrons. The number of benzene rings is 1. The number of anilines is 3. The molecule has 1 aliphatic rings. The van der Waals surface area contributed by atoms with Gasteiger partial charge in [0.25, 0.3) is 0 Å². The molecule has 116 valence electrons. The standard InChI is InChI=1S/C16H19N3O2S/c1-21-14-8-9-19(11-14)13-6-4-12(5-7-13)17-16(20)18-15-3-2-10-22-15/h2-7,10,14H,8-9,11H2,1H3,(H2,17,18,20). The lowest BCUT2D eigenvalue weighted by molar-refractivity contribution is 0.121. The van der Waals surface area contributed by atoms with Crippen molar-refractivity contribution in [2.75, 3.05) is 35.7 Å². The summed E-state index contributed by atoms with van der Waals surface area (Å²) in [5, 5.41) is 8.38. The Morgan fingerprint density at radius 2 is 2.09 bits per heavy atom. The number of rotatable bonds is 4. The topological polar surface area (TPSA) is 53.6 Å². The second-order valence-electron chi connectivity index (χ2n) is 5.20. The third kappa shape index (κ3) is 3.58. The molecule has 0 spiro atoms. The molecule has 2 N–H and O–H groups in total. The zero-order valence-electron chi connectivity index (χ0n) is 12.4. The number of hydrogen-bond donors (Lipinski definition) is 2. The molecule has 22 heavy (non-hydrogen) atoms. The lowest BCUT2D eigenvalue weighted by atomic mass is 10.2. The number of hydrogen-bond acceptors (Lipinski definition) is 4. The molecular weight excluding hydrogens is 298 g/mol. The fraction of sp³-hybridized carbons (Fsp3) is 0.312. The van der Waals surface area contributed by atoms with E-state index in [0.29, 0.717) is 6.10 Å². The van der Waals surface area contributed by atoms with Crippen LogP contribution in [0.15, 0.2) is 41.8 Å². The first-order valence-corrected chi connectivity index (χ1v) is 8.12. The van der Waals surface area contributed by atoms with Crippen LogP contribution in [0.4, 0.5) is 21.2 Å². The number of thiophene rings is 1. The molecule has 1 unspecified atom stereocenters. The molecule has 1 atom stereocenters. The van der Waals surface area contributed by atoms with Crippen LogP contribution in [0.25, 0.3) is 0 Å². The van der Waals surface area contributed by atoms with Crippen molar-refractivity contribution in [3.63, 3.8) is 0 Å². The highest BCUT2D eigenvalue weighted by Gasteiger charge is 2.22. The monoisotopic (exact) mass is 317 g/mol. The van der Waals surface area contributed by atoms with Crippen LogP contribution in [0.3, 0.4) is 0 Å². The Morgan fingerprint density at radius 1 is 1.27 bits per heavy atom. The van der Waals surface area contributed by atoms with Crippen LogP contribution in [-0.4, -0.2) is 32.3 Å². The van der Waals surface area contributed by atoms with Gasteiger partial charge in [-0.2, -0.15) is 0 Å². The van der Waals surface area contributed by atoms with Gasteiger partial charge in [-0.25, -0.2) is 4.79 Å². The summed E-state index contributed by atoms with van der Waals surface area (Å²) in [6.45, 7) is 1.92. The van der Waals surface area contributed by atoms with E-state index in [4.69, 9.17) is 4.74 Å². The minimum Gasteiger partial charge on any atom is -0.380 e. The Balaban J connectivity index is 1.56. The van der Waals surface area contributed by atoms with E-state index < -0.39 is 0 Å². The highest BCUT2D eigenvalue weighted by atomic mass is 32.1. The van der Waals surface area contributed by atoms with Gasteiger partial charge in [-0.3, -0.25) is 5.32 Å². The lowest BCUT2D eigenvalue weighted by Gasteiger charge is -2.18. The predicted octanol–water partition coefficient (Wildman–Crippen LogP) is 3.62. The molecule has 1 aliphatic heterocycles. The highest BCUT2D eigenvalue weighted by Crippen LogP contribution is 2.23. The number of methoxy groups -OCH3 is 1. The van der Waals surface area contributed by atoms with Crippen LogP contribution >= 0.6 is 11.3 Å². The lowest BCUT2D eigenvalue weighted by Crippen LogP contribution is -2.22. The number of nitrogens with zero attached hydrogens (tertiary/aromatic N) is 1. The van der Waals surface area contributed by atoms with Crippen LogP contribution in [-0.2, 0) is 4.74 Å². The maximum atomic E-state index is 11.9. The van der Waals surface area contributed by atoms with E-state index in [-0.39, 0.29) is 6.03 Å². The highest BCUT2D eigenvalue weighted by molar-refractivity contribution is 7.14. The number of amides is 2. The molecular formula is C16H19N3O2S. The summed E-state index contributed by atoms with van der Waals surface area (Å²) in [6, 6.07) is 11.4. The van der Waals surface area contributed by atoms with E-state index in [0.717, 1.165) is 35.9 Å². The molecule has 0 saturated carbocycles. The van der Waals surface area contributed by atoms with Gasteiger partial charge in [0.05, 0.1) is 11.1 Å². The zero-order valence-corrected chi connectivity index (χ0v) is 13.2. The van der Waals surface area contributed by atoms with Gasteiger partial charge in [-0.05, 0) is 48.2 Å². The normalized spacial score (nSPS) is 17.5. The maximum absolute atomic E-state index is 11.9. The molecule has 0 aliphatic carbocycles.